The second-order valence-corrected chi connectivity index (χ2v) is 8.05. The van der Waals surface area contributed by atoms with Crippen LogP contribution >= 0.6 is 0 Å². The van der Waals surface area contributed by atoms with Gasteiger partial charge in [0.2, 0.25) is 11.8 Å². The van der Waals surface area contributed by atoms with Crippen LogP contribution in [0.5, 0.6) is 0 Å². The maximum Gasteiger partial charge on any atom is 0.250 e. The maximum atomic E-state index is 13.2. The molecule has 150 valence electrons. The molecule has 3 N–H and O–H groups in total. The zero-order valence-electron chi connectivity index (χ0n) is 16.8. The van der Waals surface area contributed by atoms with E-state index in [1.807, 2.05) is 61.7 Å². The van der Waals surface area contributed by atoms with Crippen LogP contribution in [0, 0.1) is 6.92 Å². The van der Waals surface area contributed by atoms with E-state index in [0.717, 1.165) is 47.0 Å². The Labute approximate surface area is 170 Å². The van der Waals surface area contributed by atoms with Crippen LogP contribution in [0.15, 0.2) is 54.7 Å². The van der Waals surface area contributed by atoms with Gasteiger partial charge in [0.05, 0.1) is 6.42 Å². The van der Waals surface area contributed by atoms with Gasteiger partial charge in [-0.15, -0.1) is 0 Å². The number of hydrogen-bond donors (Lipinski definition) is 3. The first-order chi connectivity index (χ1) is 14.1. The quantitative estimate of drug-likeness (QED) is 0.602. The molecule has 0 unspecified atom stereocenters. The van der Waals surface area contributed by atoms with Gasteiger partial charge < -0.3 is 15.6 Å². The van der Waals surface area contributed by atoms with Crippen molar-refractivity contribution in [1.82, 2.24) is 10.3 Å². The van der Waals surface area contributed by atoms with Gasteiger partial charge in [0.1, 0.15) is 5.54 Å². The fraction of sp³-hybridized carbons (Fsp3) is 0.333. The molecule has 1 aliphatic rings. The first kappa shape index (κ1) is 19.2. The molecule has 4 rings (SSSR count). The number of H-pyrrole nitrogens is 1. The molecule has 0 spiro atoms. The normalized spacial score (nSPS) is 15.8. The lowest BCUT2D eigenvalue weighted by molar-refractivity contribution is -0.131. The van der Waals surface area contributed by atoms with Gasteiger partial charge in [0, 0.05) is 22.8 Å². The smallest absolute Gasteiger partial charge is 0.250 e. The van der Waals surface area contributed by atoms with E-state index < -0.39 is 5.54 Å². The highest BCUT2D eigenvalue weighted by Crippen LogP contribution is 2.30. The van der Waals surface area contributed by atoms with Gasteiger partial charge in [-0.2, -0.15) is 0 Å². The second-order valence-electron chi connectivity index (χ2n) is 8.05. The van der Waals surface area contributed by atoms with Gasteiger partial charge in [-0.1, -0.05) is 49.6 Å². The number of aromatic amines is 1. The molecule has 0 bridgehead atoms. The monoisotopic (exact) mass is 389 g/mol. The Morgan fingerprint density at radius 2 is 1.83 bits per heavy atom. The topological polar surface area (TPSA) is 74.0 Å². The molecule has 0 radical (unpaired) electrons. The number of carbonyl (C=O) groups is 2. The summed E-state index contributed by atoms with van der Waals surface area (Å²) in [4.78, 5) is 29.4. The van der Waals surface area contributed by atoms with E-state index in [1.54, 1.807) is 0 Å². The lowest BCUT2D eigenvalue weighted by Gasteiger charge is -2.36. The van der Waals surface area contributed by atoms with Crippen LogP contribution in [0.25, 0.3) is 10.9 Å². The average molecular weight is 389 g/mol. The largest absolute Gasteiger partial charge is 0.361 e. The van der Waals surface area contributed by atoms with Crippen molar-refractivity contribution < 1.29 is 9.59 Å². The van der Waals surface area contributed by atoms with Gasteiger partial charge in [0.25, 0.3) is 0 Å². The predicted molar refractivity (Wildman–Crippen MR) is 116 cm³/mol. The van der Waals surface area contributed by atoms with Crippen LogP contribution in [0.2, 0.25) is 0 Å². The van der Waals surface area contributed by atoms with E-state index in [-0.39, 0.29) is 18.2 Å². The first-order valence-corrected chi connectivity index (χ1v) is 10.3. The number of nitrogens with one attached hydrogen (secondary N) is 3. The summed E-state index contributed by atoms with van der Waals surface area (Å²) in [6, 6.07) is 15.7. The van der Waals surface area contributed by atoms with Crippen LogP contribution in [0.1, 0.15) is 43.2 Å². The number of benzene rings is 2. The second kappa shape index (κ2) is 8.11. The Morgan fingerprint density at radius 1 is 1.03 bits per heavy atom. The summed E-state index contributed by atoms with van der Waals surface area (Å²) < 4.78 is 0. The van der Waals surface area contributed by atoms with Crippen LogP contribution in [-0.2, 0) is 16.0 Å². The fourth-order valence-electron chi connectivity index (χ4n) is 4.30. The highest BCUT2D eigenvalue weighted by atomic mass is 16.2. The van der Waals surface area contributed by atoms with Crippen molar-refractivity contribution >= 4 is 28.4 Å². The third-order valence-corrected chi connectivity index (χ3v) is 5.82. The van der Waals surface area contributed by atoms with E-state index in [1.165, 1.54) is 0 Å². The van der Waals surface area contributed by atoms with Crippen molar-refractivity contribution in [3.63, 3.8) is 0 Å². The van der Waals surface area contributed by atoms with Crippen LogP contribution in [0.4, 0.5) is 5.69 Å². The van der Waals surface area contributed by atoms with E-state index in [0.29, 0.717) is 12.8 Å². The minimum atomic E-state index is -0.842. The molecule has 0 atom stereocenters. The Kier molecular flexibility index (Phi) is 5.38. The Hall–Kier alpha value is -3.08. The number of fused-ring (bicyclic) bond motifs is 1. The molecule has 1 fully saturated rings. The van der Waals surface area contributed by atoms with Crippen LogP contribution in [0.3, 0.4) is 0 Å². The number of aryl methyl sites for hydroxylation is 1. The summed E-state index contributed by atoms with van der Waals surface area (Å²) in [5, 5.41) is 7.18. The minimum Gasteiger partial charge on any atom is -0.361 e. The zero-order valence-corrected chi connectivity index (χ0v) is 16.8. The van der Waals surface area contributed by atoms with E-state index >= 15 is 0 Å². The molecule has 5 heteroatoms. The number of carbonyl (C=O) groups excluding carboxylic acids is 2. The summed E-state index contributed by atoms with van der Waals surface area (Å²) in [6.07, 6.45) is 6.45. The molecular formula is C24H27N3O2. The Balaban J connectivity index is 1.51. The van der Waals surface area contributed by atoms with Gasteiger partial charge in [-0.3, -0.25) is 9.59 Å². The summed E-state index contributed by atoms with van der Waals surface area (Å²) in [6.45, 7) is 2.00. The summed E-state index contributed by atoms with van der Waals surface area (Å²) in [5.74, 6) is -0.230. The van der Waals surface area contributed by atoms with E-state index in [9.17, 15) is 9.59 Å². The molecule has 0 saturated heterocycles. The fourth-order valence-corrected chi connectivity index (χ4v) is 4.30. The van der Waals surface area contributed by atoms with Crippen molar-refractivity contribution in [2.24, 2.45) is 0 Å². The molecule has 1 heterocycles. The van der Waals surface area contributed by atoms with Crippen molar-refractivity contribution in [2.75, 3.05) is 5.32 Å². The minimum absolute atomic E-state index is 0.115. The standard InChI is InChI=1S/C24H27N3O2/c1-17-8-7-9-19(14-17)26-23(29)24(12-5-2-6-13-24)27-22(28)15-18-16-25-21-11-4-3-10-20(18)21/h3-4,7-11,14,16,25H,2,5-6,12-13,15H2,1H3,(H,26,29)(H,27,28). The SMILES string of the molecule is Cc1cccc(NC(=O)C2(NC(=O)Cc3c[nH]c4ccccc34)CCCCC2)c1. The van der Waals surface area contributed by atoms with Crippen LogP contribution in [-0.4, -0.2) is 22.3 Å². The Morgan fingerprint density at radius 3 is 2.62 bits per heavy atom. The van der Waals surface area contributed by atoms with Gasteiger partial charge >= 0.3 is 0 Å². The third kappa shape index (κ3) is 4.19. The maximum absolute atomic E-state index is 13.2. The number of hydrogen-bond acceptors (Lipinski definition) is 2. The molecule has 3 aromatic rings. The van der Waals surface area contributed by atoms with Crippen molar-refractivity contribution in [3.05, 3.63) is 65.9 Å². The van der Waals surface area contributed by atoms with Gasteiger partial charge in [0.15, 0.2) is 0 Å². The molecule has 1 aromatic heterocycles. The summed E-state index contributed by atoms with van der Waals surface area (Å²) >= 11 is 0. The van der Waals surface area contributed by atoms with Crippen LogP contribution < -0.4 is 10.6 Å². The number of amides is 2. The average Bonchev–Trinajstić information content (AvgIpc) is 3.11. The lowest BCUT2D eigenvalue weighted by Crippen LogP contribution is -2.58. The Bertz CT molecular complexity index is 1030. The summed E-state index contributed by atoms with van der Waals surface area (Å²) in [5.41, 5.74) is 2.98. The summed E-state index contributed by atoms with van der Waals surface area (Å²) in [7, 11) is 0. The van der Waals surface area contributed by atoms with Gasteiger partial charge in [-0.05, 0) is 49.1 Å². The third-order valence-electron chi connectivity index (χ3n) is 5.82. The molecule has 1 saturated carbocycles. The first-order valence-electron chi connectivity index (χ1n) is 10.3. The van der Waals surface area contributed by atoms with Crippen molar-refractivity contribution in [2.45, 2.75) is 51.0 Å². The molecule has 1 aliphatic carbocycles. The molecule has 0 aliphatic heterocycles. The molecule has 2 aromatic carbocycles. The lowest BCUT2D eigenvalue weighted by atomic mass is 9.80. The highest BCUT2D eigenvalue weighted by molar-refractivity contribution is 6.01. The number of aromatic nitrogens is 1. The molecular weight excluding hydrogens is 362 g/mol. The number of para-hydroxylation sites is 1. The number of anilines is 1. The number of rotatable bonds is 5. The van der Waals surface area contributed by atoms with Crippen molar-refractivity contribution in [3.8, 4) is 0 Å². The van der Waals surface area contributed by atoms with E-state index in [2.05, 4.69) is 15.6 Å². The predicted octanol–water partition coefficient (Wildman–Crippen LogP) is 4.48. The molecule has 5 nitrogen and oxygen atoms in total. The van der Waals surface area contributed by atoms with Crippen molar-refractivity contribution in [1.29, 1.82) is 0 Å². The van der Waals surface area contributed by atoms with E-state index in [4.69, 9.17) is 0 Å². The molecule has 2 amide bonds. The molecule has 29 heavy (non-hydrogen) atoms. The van der Waals surface area contributed by atoms with Gasteiger partial charge in [-0.25, -0.2) is 0 Å². The highest BCUT2D eigenvalue weighted by Gasteiger charge is 2.40. The zero-order chi connectivity index (χ0) is 20.3.